The SMILES string of the molecule is CCc1ccccc1CNc1cc(C)c(O)cc1C. The summed E-state index contributed by atoms with van der Waals surface area (Å²) in [5.74, 6) is 0.358. The molecule has 0 saturated carbocycles. The first kappa shape index (κ1) is 13.5. The van der Waals surface area contributed by atoms with Gasteiger partial charge in [-0.25, -0.2) is 0 Å². The van der Waals surface area contributed by atoms with E-state index in [1.807, 2.05) is 26.0 Å². The Morgan fingerprint density at radius 3 is 2.37 bits per heavy atom. The first-order valence-corrected chi connectivity index (χ1v) is 6.72. The van der Waals surface area contributed by atoms with Crippen molar-refractivity contribution in [3.63, 3.8) is 0 Å². The summed E-state index contributed by atoms with van der Waals surface area (Å²) in [6, 6.07) is 12.3. The Hall–Kier alpha value is -1.96. The molecule has 100 valence electrons. The zero-order valence-electron chi connectivity index (χ0n) is 11.8. The lowest BCUT2D eigenvalue weighted by atomic mass is 10.0. The van der Waals surface area contributed by atoms with E-state index in [4.69, 9.17) is 0 Å². The third-order valence-electron chi connectivity index (χ3n) is 3.51. The van der Waals surface area contributed by atoms with Gasteiger partial charge in [-0.3, -0.25) is 0 Å². The molecule has 0 aliphatic heterocycles. The number of hydrogen-bond acceptors (Lipinski definition) is 2. The van der Waals surface area contributed by atoms with Gasteiger partial charge in [0.2, 0.25) is 0 Å². The molecule has 2 rings (SSSR count). The van der Waals surface area contributed by atoms with Crippen molar-refractivity contribution in [1.29, 1.82) is 0 Å². The van der Waals surface area contributed by atoms with Crippen LogP contribution in [0.4, 0.5) is 5.69 Å². The molecule has 0 aromatic heterocycles. The summed E-state index contributed by atoms with van der Waals surface area (Å²) in [6.45, 7) is 6.91. The molecule has 0 spiro atoms. The van der Waals surface area contributed by atoms with Crippen LogP contribution in [0.3, 0.4) is 0 Å². The van der Waals surface area contributed by atoms with E-state index >= 15 is 0 Å². The van der Waals surface area contributed by atoms with Crippen molar-refractivity contribution in [1.82, 2.24) is 0 Å². The molecule has 2 N–H and O–H groups in total. The molecule has 0 saturated heterocycles. The highest BCUT2D eigenvalue weighted by molar-refractivity contribution is 5.57. The Bertz CT molecular complexity index is 575. The van der Waals surface area contributed by atoms with Gasteiger partial charge in [0.05, 0.1) is 0 Å². The number of rotatable bonds is 4. The van der Waals surface area contributed by atoms with E-state index in [1.54, 1.807) is 0 Å². The van der Waals surface area contributed by atoms with Gasteiger partial charge in [0.15, 0.2) is 0 Å². The van der Waals surface area contributed by atoms with Crippen molar-refractivity contribution < 1.29 is 5.11 Å². The maximum absolute atomic E-state index is 9.66. The molecule has 0 radical (unpaired) electrons. The summed E-state index contributed by atoms with van der Waals surface area (Å²) >= 11 is 0. The van der Waals surface area contributed by atoms with Gasteiger partial charge in [-0.05, 0) is 54.7 Å². The molecule has 0 aliphatic rings. The van der Waals surface area contributed by atoms with Gasteiger partial charge in [-0.15, -0.1) is 0 Å². The lowest BCUT2D eigenvalue weighted by Crippen LogP contribution is -2.04. The fourth-order valence-corrected chi connectivity index (χ4v) is 2.26. The van der Waals surface area contributed by atoms with Crippen LogP contribution in [0.2, 0.25) is 0 Å². The summed E-state index contributed by atoms with van der Waals surface area (Å²) < 4.78 is 0. The summed E-state index contributed by atoms with van der Waals surface area (Å²) in [5, 5.41) is 13.1. The second-order valence-electron chi connectivity index (χ2n) is 4.93. The highest BCUT2D eigenvalue weighted by Gasteiger charge is 2.04. The zero-order valence-corrected chi connectivity index (χ0v) is 11.8. The van der Waals surface area contributed by atoms with Crippen LogP contribution in [0.25, 0.3) is 0 Å². The van der Waals surface area contributed by atoms with Crippen molar-refractivity contribution in [2.24, 2.45) is 0 Å². The average molecular weight is 255 g/mol. The number of hydrogen-bond donors (Lipinski definition) is 2. The minimum absolute atomic E-state index is 0.358. The number of nitrogens with one attached hydrogen (secondary N) is 1. The normalized spacial score (nSPS) is 10.5. The van der Waals surface area contributed by atoms with Crippen LogP contribution in [-0.4, -0.2) is 5.11 Å². The molecule has 0 heterocycles. The van der Waals surface area contributed by atoms with Gasteiger partial charge >= 0.3 is 0 Å². The van der Waals surface area contributed by atoms with Crippen LogP contribution < -0.4 is 5.32 Å². The molecule has 2 heteroatoms. The van der Waals surface area contributed by atoms with Crippen LogP contribution in [0.1, 0.15) is 29.2 Å². The van der Waals surface area contributed by atoms with Crippen molar-refractivity contribution in [2.45, 2.75) is 33.7 Å². The molecule has 0 aliphatic carbocycles. The second-order valence-corrected chi connectivity index (χ2v) is 4.93. The Labute approximate surface area is 115 Å². The lowest BCUT2D eigenvalue weighted by molar-refractivity contribution is 0.471. The minimum Gasteiger partial charge on any atom is -0.508 e. The maximum Gasteiger partial charge on any atom is 0.118 e. The van der Waals surface area contributed by atoms with Crippen LogP contribution in [0.5, 0.6) is 5.75 Å². The summed E-state index contributed by atoms with van der Waals surface area (Å²) in [4.78, 5) is 0. The number of benzene rings is 2. The van der Waals surface area contributed by atoms with Crippen LogP contribution >= 0.6 is 0 Å². The van der Waals surface area contributed by atoms with Crippen molar-refractivity contribution in [2.75, 3.05) is 5.32 Å². The number of anilines is 1. The third kappa shape index (κ3) is 3.08. The zero-order chi connectivity index (χ0) is 13.8. The maximum atomic E-state index is 9.66. The van der Waals surface area contributed by atoms with Gasteiger partial charge in [0.25, 0.3) is 0 Å². The van der Waals surface area contributed by atoms with Gasteiger partial charge in [0.1, 0.15) is 5.75 Å². The fraction of sp³-hybridized carbons (Fsp3) is 0.294. The number of aryl methyl sites for hydroxylation is 3. The molecule has 0 atom stereocenters. The molecule has 2 aromatic rings. The Morgan fingerprint density at radius 1 is 1.00 bits per heavy atom. The fourth-order valence-electron chi connectivity index (χ4n) is 2.26. The van der Waals surface area contributed by atoms with Crippen LogP contribution in [0, 0.1) is 13.8 Å². The van der Waals surface area contributed by atoms with E-state index in [0.717, 1.165) is 29.8 Å². The molecule has 0 fully saturated rings. The third-order valence-corrected chi connectivity index (χ3v) is 3.51. The summed E-state index contributed by atoms with van der Waals surface area (Å²) in [5.41, 5.74) is 5.76. The van der Waals surface area contributed by atoms with Gasteiger partial charge in [0, 0.05) is 12.2 Å². The first-order chi connectivity index (χ1) is 9.11. The Kier molecular flexibility index (Phi) is 4.10. The van der Waals surface area contributed by atoms with Crippen LogP contribution in [-0.2, 0) is 13.0 Å². The second kappa shape index (κ2) is 5.79. The highest BCUT2D eigenvalue weighted by atomic mass is 16.3. The van der Waals surface area contributed by atoms with E-state index in [-0.39, 0.29) is 0 Å². The van der Waals surface area contributed by atoms with E-state index < -0.39 is 0 Å². The number of phenolic OH excluding ortho intramolecular Hbond substituents is 1. The lowest BCUT2D eigenvalue weighted by Gasteiger charge is -2.13. The van der Waals surface area contributed by atoms with Crippen molar-refractivity contribution in [3.8, 4) is 5.75 Å². The molecule has 0 amide bonds. The van der Waals surface area contributed by atoms with Crippen molar-refractivity contribution in [3.05, 3.63) is 58.7 Å². The Morgan fingerprint density at radius 2 is 1.68 bits per heavy atom. The van der Waals surface area contributed by atoms with E-state index in [1.165, 1.54) is 11.1 Å². The summed E-state index contributed by atoms with van der Waals surface area (Å²) in [6.07, 6.45) is 1.05. The number of aromatic hydroxyl groups is 1. The predicted molar refractivity (Wildman–Crippen MR) is 80.7 cm³/mol. The van der Waals surface area contributed by atoms with E-state index in [0.29, 0.717) is 5.75 Å². The molecule has 0 bridgehead atoms. The monoisotopic (exact) mass is 255 g/mol. The molecular weight excluding hydrogens is 234 g/mol. The first-order valence-electron chi connectivity index (χ1n) is 6.72. The van der Waals surface area contributed by atoms with Gasteiger partial charge in [-0.2, -0.15) is 0 Å². The molecule has 2 nitrogen and oxygen atoms in total. The quantitative estimate of drug-likeness (QED) is 0.803. The number of phenols is 1. The highest BCUT2D eigenvalue weighted by Crippen LogP contribution is 2.25. The molecule has 2 aromatic carbocycles. The van der Waals surface area contributed by atoms with Gasteiger partial charge in [-0.1, -0.05) is 31.2 Å². The molecule has 19 heavy (non-hydrogen) atoms. The average Bonchev–Trinajstić information content (AvgIpc) is 2.41. The predicted octanol–water partition coefficient (Wildman–Crippen LogP) is 4.18. The van der Waals surface area contributed by atoms with Crippen LogP contribution in [0.15, 0.2) is 36.4 Å². The van der Waals surface area contributed by atoms with E-state index in [9.17, 15) is 5.11 Å². The molecule has 0 unspecified atom stereocenters. The largest absolute Gasteiger partial charge is 0.508 e. The van der Waals surface area contributed by atoms with Crippen molar-refractivity contribution >= 4 is 5.69 Å². The summed E-state index contributed by atoms with van der Waals surface area (Å²) in [7, 11) is 0. The topological polar surface area (TPSA) is 32.3 Å². The minimum atomic E-state index is 0.358. The Balaban J connectivity index is 2.17. The standard InChI is InChI=1S/C17H21NO/c1-4-14-7-5-6-8-15(14)11-18-16-9-13(3)17(19)10-12(16)2/h5-10,18-19H,4,11H2,1-3H3. The van der Waals surface area contributed by atoms with Gasteiger partial charge < -0.3 is 10.4 Å². The molecular formula is C17H21NO. The van der Waals surface area contributed by atoms with E-state index in [2.05, 4.69) is 36.5 Å². The smallest absolute Gasteiger partial charge is 0.118 e.